The van der Waals surface area contributed by atoms with E-state index in [1.165, 1.54) is 34.3 Å². The number of methoxy groups -OCH3 is 1. The molecule has 1 aromatic carbocycles. The molecule has 0 radical (unpaired) electrons. The van der Waals surface area contributed by atoms with Crippen LogP contribution in [0.3, 0.4) is 0 Å². The molecule has 1 saturated carbocycles. The largest absolute Gasteiger partial charge is 0.509 e. The maximum Gasteiger partial charge on any atom is 0.509 e. The first-order valence-electron chi connectivity index (χ1n) is 8.92. The van der Waals surface area contributed by atoms with Gasteiger partial charge in [-0.3, -0.25) is 9.36 Å². The summed E-state index contributed by atoms with van der Waals surface area (Å²) in [4.78, 5) is 23.9. The van der Waals surface area contributed by atoms with Crippen LogP contribution < -0.4 is 11.3 Å². The molecular weight excluding hydrogens is 386 g/mol. The SMILES string of the molecule is COC(=O)OCn1ccc2c(S(=O)(=O)N3CC[C@@H](N)C34CC4)cccc2c1=O. The van der Waals surface area contributed by atoms with E-state index in [0.717, 1.165) is 12.8 Å². The van der Waals surface area contributed by atoms with Gasteiger partial charge in [0.05, 0.1) is 17.5 Å². The Balaban J connectivity index is 1.76. The minimum Gasteiger partial charge on any atom is -0.438 e. The van der Waals surface area contributed by atoms with Crippen LogP contribution in [0.4, 0.5) is 4.79 Å². The number of pyridine rings is 1. The lowest BCUT2D eigenvalue weighted by atomic mass is 10.1. The van der Waals surface area contributed by atoms with Crippen LogP contribution >= 0.6 is 0 Å². The molecule has 2 N–H and O–H groups in total. The number of benzene rings is 1. The van der Waals surface area contributed by atoms with E-state index in [1.54, 1.807) is 12.1 Å². The molecule has 9 nitrogen and oxygen atoms in total. The molecule has 0 bridgehead atoms. The Morgan fingerprint density at radius 3 is 2.71 bits per heavy atom. The van der Waals surface area contributed by atoms with Crippen molar-refractivity contribution in [1.82, 2.24) is 8.87 Å². The molecule has 1 spiro atoms. The average molecular weight is 407 g/mol. The highest BCUT2D eigenvalue weighted by Gasteiger charge is 2.60. The normalized spacial score (nSPS) is 21.1. The molecule has 28 heavy (non-hydrogen) atoms. The fraction of sp³-hybridized carbons (Fsp3) is 0.444. The summed E-state index contributed by atoms with van der Waals surface area (Å²) in [5.74, 6) is 0. The Hall–Kier alpha value is -2.43. The third kappa shape index (κ3) is 2.79. The topological polar surface area (TPSA) is 121 Å². The van der Waals surface area contributed by atoms with Gasteiger partial charge < -0.3 is 15.2 Å². The number of ether oxygens (including phenoxy) is 2. The summed E-state index contributed by atoms with van der Waals surface area (Å²) >= 11 is 0. The molecule has 2 heterocycles. The minimum atomic E-state index is -3.80. The van der Waals surface area contributed by atoms with Gasteiger partial charge in [-0.1, -0.05) is 6.07 Å². The van der Waals surface area contributed by atoms with Gasteiger partial charge in [-0.05, 0) is 37.5 Å². The lowest BCUT2D eigenvalue weighted by molar-refractivity contribution is 0.0477. The van der Waals surface area contributed by atoms with Crippen LogP contribution in [0.1, 0.15) is 19.3 Å². The van der Waals surface area contributed by atoms with Gasteiger partial charge in [-0.2, -0.15) is 4.31 Å². The van der Waals surface area contributed by atoms with Crippen LogP contribution in [0.2, 0.25) is 0 Å². The third-order valence-corrected chi connectivity index (χ3v) is 7.67. The van der Waals surface area contributed by atoms with Gasteiger partial charge in [0.25, 0.3) is 5.56 Å². The molecule has 150 valence electrons. The summed E-state index contributed by atoms with van der Waals surface area (Å²) in [6.07, 6.45) is 2.63. The second-order valence-electron chi connectivity index (χ2n) is 7.11. The summed E-state index contributed by atoms with van der Waals surface area (Å²) in [6, 6.07) is 5.97. The second kappa shape index (κ2) is 6.57. The number of nitrogens with zero attached hydrogens (tertiary/aromatic N) is 2. The van der Waals surface area contributed by atoms with E-state index in [2.05, 4.69) is 4.74 Å². The van der Waals surface area contributed by atoms with Crippen molar-refractivity contribution in [3.8, 4) is 0 Å². The Morgan fingerprint density at radius 2 is 2.04 bits per heavy atom. The number of hydrogen-bond acceptors (Lipinski definition) is 7. The fourth-order valence-corrected chi connectivity index (χ4v) is 6.04. The van der Waals surface area contributed by atoms with Crippen molar-refractivity contribution in [2.45, 2.75) is 42.5 Å². The molecule has 2 fully saturated rings. The zero-order valence-corrected chi connectivity index (χ0v) is 16.1. The fourth-order valence-electron chi connectivity index (χ4n) is 3.96. The predicted octanol–water partition coefficient (Wildman–Crippen LogP) is 0.996. The first-order chi connectivity index (χ1) is 13.3. The quantitative estimate of drug-likeness (QED) is 0.751. The summed E-state index contributed by atoms with van der Waals surface area (Å²) in [5, 5.41) is 0.559. The second-order valence-corrected chi connectivity index (χ2v) is 8.94. The van der Waals surface area contributed by atoms with Crippen molar-refractivity contribution in [2.75, 3.05) is 13.7 Å². The molecule has 1 aliphatic heterocycles. The highest BCUT2D eigenvalue weighted by Crippen LogP contribution is 2.51. The number of sulfonamides is 1. The summed E-state index contributed by atoms with van der Waals surface area (Å²) in [7, 11) is -2.64. The lowest BCUT2D eigenvalue weighted by Crippen LogP contribution is -2.44. The Bertz CT molecular complexity index is 1110. The maximum atomic E-state index is 13.4. The standard InChI is InChI=1S/C18H21N3O6S/c1-26-17(23)27-11-20-9-5-12-13(16(20)22)3-2-4-14(12)28(24,25)21-10-6-15(19)18(21)7-8-18/h2-5,9,15H,6-8,10-11,19H2,1H3/t15-/m1/s1. The monoisotopic (exact) mass is 407 g/mol. The van der Waals surface area contributed by atoms with E-state index >= 15 is 0 Å². The zero-order chi connectivity index (χ0) is 20.1. The van der Waals surface area contributed by atoms with Crippen LogP contribution in [-0.4, -0.2) is 48.7 Å². The number of carbonyl (C=O) groups is 1. The van der Waals surface area contributed by atoms with Gasteiger partial charge in [-0.25, -0.2) is 13.2 Å². The van der Waals surface area contributed by atoms with Crippen molar-refractivity contribution >= 4 is 27.0 Å². The lowest BCUT2D eigenvalue weighted by Gasteiger charge is -2.26. The van der Waals surface area contributed by atoms with Crippen molar-refractivity contribution in [3.05, 3.63) is 40.8 Å². The average Bonchev–Trinajstić information content (AvgIpc) is 3.41. The van der Waals surface area contributed by atoms with Crippen LogP contribution in [0.25, 0.3) is 10.8 Å². The molecule has 1 aliphatic carbocycles. The van der Waals surface area contributed by atoms with Crippen LogP contribution in [0.15, 0.2) is 40.2 Å². The molecule has 1 saturated heterocycles. The van der Waals surface area contributed by atoms with Crippen molar-refractivity contribution < 1.29 is 22.7 Å². The van der Waals surface area contributed by atoms with Gasteiger partial charge in [0, 0.05) is 29.6 Å². The molecule has 0 amide bonds. The van der Waals surface area contributed by atoms with Gasteiger partial charge >= 0.3 is 6.16 Å². The van der Waals surface area contributed by atoms with Gasteiger partial charge in [0.2, 0.25) is 10.0 Å². The summed E-state index contributed by atoms with van der Waals surface area (Å²) in [5.41, 5.74) is 5.21. The minimum absolute atomic E-state index is 0.0866. The Morgan fingerprint density at radius 1 is 1.29 bits per heavy atom. The van der Waals surface area contributed by atoms with E-state index in [-0.39, 0.29) is 23.1 Å². The molecule has 0 unspecified atom stereocenters. The molecule has 2 aromatic rings. The van der Waals surface area contributed by atoms with E-state index in [1.807, 2.05) is 0 Å². The molecule has 1 atom stereocenters. The summed E-state index contributed by atoms with van der Waals surface area (Å²) in [6.45, 7) is 0.0481. The number of hydrogen-bond donors (Lipinski definition) is 1. The van der Waals surface area contributed by atoms with Crippen LogP contribution in [0.5, 0.6) is 0 Å². The molecular formula is C18H21N3O6S. The number of aromatic nitrogens is 1. The van der Waals surface area contributed by atoms with Gasteiger partial charge in [0.15, 0.2) is 6.73 Å². The zero-order valence-electron chi connectivity index (χ0n) is 15.3. The first kappa shape index (κ1) is 18.9. The Kier molecular flexibility index (Phi) is 4.44. The maximum absolute atomic E-state index is 13.4. The predicted molar refractivity (Wildman–Crippen MR) is 100 cm³/mol. The number of fused-ring (bicyclic) bond motifs is 1. The van der Waals surface area contributed by atoms with Crippen molar-refractivity contribution in [1.29, 1.82) is 0 Å². The van der Waals surface area contributed by atoms with Crippen molar-refractivity contribution in [3.63, 3.8) is 0 Å². The van der Waals surface area contributed by atoms with E-state index in [9.17, 15) is 18.0 Å². The molecule has 10 heteroatoms. The molecule has 4 rings (SSSR count). The van der Waals surface area contributed by atoms with Crippen molar-refractivity contribution in [2.24, 2.45) is 5.73 Å². The van der Waals surface area contributed by atoms with Gasteiger partial charge in [0.1, 0.15) is 0 Å². The summed E-state index contributed by atoms with van der Waals surface area (Å²) < 4.78 is 38.6. The van der Waals surface area contributed by atoms with E-state index in [4.69, 9.17) is 10.5 Å². The number of rotatable bonds is 4. The van der Waals surface area contributed by atoms with E-state index < -0.39 is 27.3 Å². The third-order valence-electron chi connectivity index (χ3n) is 5.63. The first-order valence-corrected chi connectivity index (χ1v) is 10.4. The number of nitrogens with two attached hydrogens (primary N) is 1. The highest BCUT2D eigenvalue weighted by atomic mass is 32.2. The van der Waals surface area contributed by atoms with Gasteiger partial charge in [-0.15, -0.1) is 0 Å². The van der Waals surface area contributed by atoms with Crippen LogP contribution in [0, 0.1) is 0 Å². The number of carbonyl (C=O) groups excluding carboxylic acids is 1. The van der Waals surface area contributed by atoms with Crippen LogP contribution in [-0.2, 0) is 26.2 Å². The van der Waals surface area contributed by atoms with E-state index in [0.29, 0.717) is 18.4 Å². The smallest absolute Gasteiger partial charge is 0.438 e. The molecule has 2 aliphatic rings. The Labute approximate surface area is 161 Å². The highest BCUT2D eigenvalue weighted by molar-refractivity contribution is 7.89. The molecule has 1 aromatic heterocycles.